The molecule has 0 radical (unpaired) electrons. The number of amides is 1. The first-order chi connectivity index (χ1) is 15.5. The van der Waals surface area contributed by atoms with Gasteiger partial charge in [-0.05, 0) is 43.0 Å². The molecule has 1 aliphatic carbocycles. The second-order valence-electron chi connectivity index (χ2n) is 7.41. The number of hydrogen-bond acceptors (Lipinski definition) is 7. The molecule has 5 rings (SSSR count). The van der Waals surface area contributed by atoms with Gasteiger partial charge in [-0.25, -0.2) is 18.7 Å². The Morgan fingerprint density at radius 1 is 1.09 bits per heavy atom. The lowest BCUT2D eigenvalue weighted by Crippen LogP contribution is -2.16. The molecule has 0 fully saturated rings. The van der Waals surface area contributed by atoms with Crippen molar-refractivity contribution in [1.29, 1.82) is 0 Å². The van der Waals surface area contributed by atoms with Crippen molar-refractivity contribution >= 4 is 5.91 Å². The van der Waals surface area contributed by atoms with Crippen LogP contribution in [0.4, 0.5) is 8.78 Å². The Bertz CT molecular complexity index is 1320. The van der Waals surface area contributed by atoms with Crippen LogP contribution in [0.5, 0.6) is 0 Å². The first-order valence-electron chi connectivity index (χ1n) is 9.90. The number of rotatable bonds is 4. The number of halogens is 2. The third kappa shape index (κ3) is 3.49. The van der Waals surface area contributed by atoms with Crippen molar-refractivity contribution in [2.45, 2.75) is 25.2 Å². The highest BCUT2D eigenvalue weighted by molar-refractivity contribution is 5.90. The summed E-state index contributed by atoms with van der Waals surface area (Å²) in [5.41, 5.74) is 7.69. The van der Waals surface area contributed by atoms with Crippen LogP contribution in [-0.2, 0) is 6.42 Å². The van der Waals surface area contributed by atoms with Gasteiger partial charge >= 0.3 is 0 Å². The van der Waals surface area contributed by atoms with E-state index < -0.39 is 17.5 Å². The number of nitrogens with zero attached hydrogens (tertiary/aromatic N) is 5. The van der Waals surface area contributed by atoms with Gasteiger partial charge in [0.25, 0.3) is 5.91 Å². The lowest BCUT2D eigenvalue weighted by Gasteiger charge is -2.23. The number of aromatic nitrogens is 5. The molecule has 32 heavy (non-hydrogen) atoms. The highest BCUT2D eigenvalue weighted by Gasteiger charge is 2.27. The summed E-state index contributed by atoms with van der Waals surface area (Å²) in [5, 5.41) is 8.42. The maximum atomic E-state index is 14.2. The Balaban J connectivity index is 1.51. The number of aryl methyl sites for hydroxylation is 1. The minimum atomic E-state index is -0.706. The van der Waals surface area contributed by atoms with Gasteiger partial charge in [-0.3, -0.25) is 9.78 Å². The molecule has 1 unspecified atom stereocenters. The van der Waals surface area contributed by atoms with Crippen LogP contribution >= 0.6 is 0 Å². The standard InChI is InChI=1S/C22H16F2N6O2/c23-13-5-2-6-14(24)19(13)15-7-11-3-1-4-12(20(11)30-29-15)16-8-26-9-17(27-16)22-28-18(10-32-22)21(25)31/h2,5-10,12H,1,3-4H2,(H2,25,31). The predicted octanol–water partition coefficient (Wildman–Crippen LogP) is 3.43. The molecular formula is C22H16F2N6O2. The Hall–Kier alpha value is -4.08. The zero-order valence-corrected chi connectivity index (χ0v) is 16.6. The second kappa shape index (κ2) is 7.88. The molecular weight excluding hydrogens is 418 g/mol. The van der Waals surface area contributed by atoms with Crippen molar-refractivity contribution in [3.63, 3.8) is 0 Å². The molecule has 160 valence electrons. The first kappa shape index (κ1) is 19.9. The van der Waals surface area contributed by atoms with E-state index in [0.717, 1.165) is 24.7 Å². The minimum absolute atomic E-state index is 0.00557. The number of oxazole rings is 1. The Labute approximate surface area is 180 Å². The van der Waals surface area contributed by atoms with Gasteiger partial charge in [-0.1, -0.05) is 6.07 Å². The Morgan fingerprint density at radius 3 is 2.66 bits per heavy atom. The molecule has 1 amide bonds. The van der Waals surface area contributed by atoms with Crippen LogP contribution in [0.1, 0.15) is 46.2 Å². The number of carbonyl (C=O) groups is 1. The van der Waals surface area contributed by atoms with Crippen LogP contribution in [0, 0.1) is 11.6 Å². The van der Waals surface area contributed by atoms with Gasteiger partial charge in [-0.15, -0.1) is 0 Å². The molecule has 1 aromatic carbocycles. The Morgan fingerprint density at radius 2 is 1.91 bits per heavy atom. The maximum Gasteiger partial charge on any atom is 0.270 e. The fourth-order valence-corrected chi connectivity index (χ4v) is 3.88. The lowest BCUT2D eigenvalue weighted by molar-refractivity contribution is 0.0995. The average molecular weight is 434 g/mol. The summed E-state index contributed by atoms with van der Waals surface area (Å²) in [7, 11) is 0. The predicted molar refractivity (Wildman–Crippen MR) is 108 cm³/mol. The molecule has 3 aromatic heterocycles. The molecule has 0 bridgehead atoms. The molecule has 1 atom stereocenters. The van der Waals surface area contributed by atoms with Crippen LogP contribution in [-0.4, -0.2) is 31.1 Å². The molecule has 8 nitrogen and oxygen atoms in total. The van der Waals surface area contributed by atoms with Gasteiger partial charge in [0.15, 0.2) is 5.69 Å². The monoisotopic (exact) mass is 434 g/mol. The van der Waals surface area contributed by atoms with Gasteiger partial charge < -0.3 is 10.2 Å². The molecule has 3 heterocycles. The zero-order chi connectivity index (χ0) is 22.2. The molecule has 0 spiro atoms. The van der Waals surface area contributed by atoms with Gasteiger partial charge in [0.1, 0.15) is 23.6 Å². The summed E-state index contributed by atoms with van der Waals surface area (Å²) in [5.74, 6) is -2.16. The number of carbonyl (C=O) groups excluding carboxylic acids is 1. The molecule has 10 heteroatoms. The van der Waals surface area contributed by atoms with E-state index in [1.54, 1.807) is 12.3 Å². The number of nitrogens with two attached hydrogens (primary N) is 1. The highest BCUT2D eigenvalue weighted by atomic mass is 19.1. The number of primary amides is 1. The van der Waals surface area contributed by atoms with Crippen molar-refractivity contribution in [3.05, 3.63) is 77.2 Å². The third-order valence-electron chi connectivity index (χ3n) is 5.38. The first-order valence-corrected chi connectivity index (χ1v) is 9.90. The zero-order valence-electron chi connectivity index (χ0n) is 16.6. The number of hydrogen-bond donors (Lipinski definition) is 1. The SMILES string of the molecule is NC(=O)c1coc(-c2cncc(C3CCCc4cc(-c5c(F)cccc5F)nnc43)n2)n1. The maximum absolute atomic E-state index is 14.2. The quantitative estimate of drug-likeness (QED) is 0.522. The van der Waals surface area contributed by atoms with Gasteiger partial charge in [0, 0.05) is 12.1 Å². The summed E-state index contributed by atoms with van der Waals surface area (Å²) >= 11 is 0. The van der Waals surface area contributed by atoms with Gasteiger partial charge in [-0.2, -0.15) is 10.2 Å². The van der Waals surface area contributed by atoms with Crippen LogP contribution < -0.4 is 5.73 Å². The van der Waals surface area contributed by atoms with Gasteiger partial charge in [0.2, 0.25) is 5.89 Å². The van der Waals surface area contributed by atoms with Crippen molar-refractivity contribution in [2.24, 2.45) is 5.73 Å². The lowest BCUT2D eigenvalue weighted by atomic mass is 9.84. The fourth-order valence-electron chi connectivity index (χ4n) is 3.88. The van der Waals surface area contributed by atoms with Crippen LogP contribution in [0.15, 0.2) is 47.3 Å². The summed E-state index contributed by atoms with van der Waals surface area (Å²) < 4.78 is 33.7. The summed E-state index contributed by atoms with van der Waals surface area (Å²) in [6.45, 7) is 0. The van der Waals surface area contributed by atoms with Crippen molar-refractivity contribution in [3.8, 4) is 22.8 Å². The average Bonchev–Trinajstić information content (AvgIpc) is 3.29. The summed E-state index contributed by atoms with van der Waals surface area (Å²) in [4.78, 5) is 24.1. The van der Waals surface area contributed by atoms with E-state index in [0.29, 0.717) is 23.5 Å². The van der Waals surface area contributed by atoms with E-state index in [2.05, 4.69) is 25.1 Å². The molecule has 0 saturated heterocycles. The molecule has 0 saturated carbocycles. The van der Waals surface area contributed by atoms with E-state index in [1.807, 2.05) is 0 Å². The van der Waals surface area contributed by atoms with Crippen molar-refractivity contribution in [1.82, 2.24) is 25.1 Å². The molecule has 1 aliphatic rings. The van der Waals surface area contributed by atoms with E-state index in [4.69, 9.17) is 10.2 Å². The van der Waals surface area contributed by atoms with E-state index in [1.165, 1.54) is 24.4 Å². The number of fused-ring (bicyclic) bond motifs is 1. The summed E-state index contributed by atoms with van der Waals surface area (Å²) in [6.07, 6.45) is 6.55. The minimum Gasteiger partial charge on any atom is -0.442 e. The van der Waals surface area contributed by atoms with Crippen LogP contribution in [0.2, 0.25) is 0 Å². The Kier molecular flexibility index (Phi) is 4.89. The molecule has 2 N–H and O–H groups in total. The van der Waals surface area contributed by atoms with E-state index >= 15 is 0 Å². The smallest absolute Gasteiger partial charge is 0.270 e. The second-order valence-corrected chi connectivity index (χ2v) is 7.41. The van der Waals surface area contributed by atoms with E-state index in [-0.39, 0.29) is 28.8 Å². The van der Waals surface area contributed by atoms with Gasteiger partial charge in [0.05, 0.1) is 28.8 Å². The molecule has 0 aliphatic heterocycles. The largest absolute Gasteiger partial charge is 0.442 e. The number of benzene rings is 1. The topological polar surface area (TPSA) is 121 Å². The third-order valence-corrected chi connectivity index (χ3v) is 5.38. The molecule has 4 aromatic rings. The van der Waals surface area contributed by atoms with Crippen molar-refractivity contribution in [2.75, 3.05) is 0 Å². The van der Waals surface area contributed by atoms with Crippen LogP contribution in [0.3, 0.4) is 0 Å². The highest BCUT2D eigenvalue weighted by Crippen LogP contribution is 2.36. The van der Waals surface area contributed by atoms with Crippen LogP contribution in [0.25, 0.3) is 22.8 Å². The summed E-state index contributed by atoms with van der Waals surface area (Å²) in [6, 6.07) is 5.37. The van der Waals surface area contributed by atoms with E-state index in [9.17, 15) is 13.6 Å². The normalized spacial score (nSPS) is 15.4. The van der Waals surface area contributed by atoms with Crippen molar-refractivity contribution < 1.29 is 18.0 Å². The fraction of sp³-hybridized carbons (Fsp3) is 0.182.